The van der Waals surface area contributed by atoms with Crippen LogP contribution in [-0.2, 0) is 19.4 Å². The van der Waals surface area contributed by atoms with E-state index in [0.717, 1.165) is 10.3 Å². The average Bonchev–Trinajstić information content (AvgIpc) is 3.01. The first-order valence-electron chi connectivity index (χ1n) is 7.45. The van der Waals surface area contributed by atoms with E-state index in [9.17, 15) is 27.2 Å². The van der Waals surface area contributed by atoms with Gasteiger partial charge in [-0.2, -0.15) is 0 Å². The predicted molar refractivity (Wildman–Crippen MR) is 93.9 cm³/mol. The van der Waals surface area contributed by atoms with Gasteiger partial charge in [0.15, 0.2) is 9.84 Å². The van der Waals surface area contributed by atoms with Crippen LogP contribution in [0.5, 0.6) is 0 Å². The lowest BCUT2D eigenvalue weighted by Crippen LogP contribution is -2.43. The number of halogens is 1. The van der Waals surface area contributed by atoms with E-state index in [-0.39, 0.29) is 10.7 Å². The molecule has 10 heteroatoms. The Labute approximate surface area is 152 Å². The Morgan fingerprint density at radius 1 is 1.38 bits per heavy atom. The summed E-state index contributed by atoms with van der Waals surface area (Å²) >= 11 is 0.653. The third-order valence-electron chi connectivity index (χ3n) is 3.60. The van der Waals surface area contributed by atoms with E-state index >= 15 is 0 Å². The van der Waals surface area contributed by atoms with Crippen molar-refractivity contribution >= 4 is 44.7 Å². The van der Waals surface area contributed by atoms with Crippen LogP contribution in [0.3, 0.4) is 0 Å². The van der Waals surface area contributed by atoms with Crippen LogP contribution in [0, 0.1) is 5.82 Å². The molecule has 1 atom stereocenters. The van der Waals surface area contributed by atoms with Gasteiger partial charge in [0.2, 0.25) is 5.91 Å². The minimum absolute atomic E-state index is 0.0803. The van der Waals surface area contributed by atoms with Crippen molar-refractivity contribution in [2.45, 2.75) is 6.04 Å². The quantitative estimate of drug-likeness (QED) is 0.770. The number of imide groups is 1. The largest absolute Gasteiger partial charge is 0.347 e. The molecule has 1 aromatic carbocycles. The summed E-state index contributed by atoms with van der Waals surface area (Å²) in [6.45, 7) is -0.518. The molecule has 2 aliphatic rings. The number of carbonyl (C=O) groups excluding carboxylic acids is 3. The molecule has 0 aliphatic carbocycles. The van der Waals surface area contributed by atoms with Gasteiger partial charge >= 0.3 is 0 Å². The van der Waals surface area contributed by atoms with Crippen molar-refractivity contribution < 1.29 is 27.2 Å². The maximum atomic E-state index is 13.2. The minimum atomic E-state index is -3.32. The molecule has 0 radical (unpaired) electrons. The van der Waals surface area contributed by atoms with Gasteiger partial charge in [-0.25, -0.2) is 12.8 Å². The van der Waals surface area contributed by atoms with Crippen LogP contribution < -0.4 is 5.32 Å². The van der Waals surface area contributed by atoms with Gasteiger partial charge in [-0.1, -0.05) is 12.1 Å². The van der Waals surface area contributed by atoms with Gasteiger partial charge in [0, 0.05) is 5.41 Å². The van der Waals surface area contributed by atoms with Crippen molar-refractivity contribution in [3.8, 4) is 0 Å². The highest BCUT2D eigenvalue weighted by molar-refractivity contribution is 8.18. The highest BCUT2D eigenvalue weighted by Crippen LogP contribution is 2.32. The van der Waals surface area contributed by atoms with Gasteiger partial charge in [-0.05, 0) is 41.6 Å². The second-order valence-corrected chi connectivity index (χ2v) is 8.58. The average molecular weight is 396 g/mol. The molecule has 1 saturated heterocycles. The Bertz CT molecular complexity index is 955. The molecule has 0 aromatic heterocycles. The van der Waals surface area contributed by atoms with Gasteiger partial charge in [0.1, 0.15) is 12.4 Å². The number of sulfone groups is 1. The van der Waals surface area contributed by atoms with Crippen molar-refractivity contribution in [1.29, 1.82) is 0 Å². The fraction of sp³-hybridized carbons (Fsp3) is 0.188. The molecular formula is C16H13FN2O5S2. The number of hydrogen-bond donors (Lipinski definition) is 1. The first kappa shape index (κ1) is 18.3. The van der Waals surface area contributed by atoms with Crippen molar-refractivity contribution in [2.24, 2.45) is 0 Å². The zero-order chi connectivity index (χ0) is 18.9. The number of carbonyl (C=O) groups is 3. The summed E-state index contributed by atoms with van der Waals surface area (Å²) in [5.41, 5.74) is 0.418. The highest BCUT2D eigenvalue weighted by Gasteiger charge is 2.36. The van der Waals surface area contributed by atoms with Crippen molar-refractivity contribution in [3.05, 3.63) is 52.0 Å². The van der Waals surface area contributed by atoms with Crippen LogP contribution in [-0.4, -0.2) is 48.7 Å². The van der Waals surface area contributed by atoms with E-state index in [1.807, 2.05) is 0 Å². The van der Waals surface area contributed by atoms with Crippen LogP contribution >= 0.6 is 11.8 Å². The fourth-order valence-corrected chi connectivity index (χ4v) is 4.52. The molecule has 7 nitrogen and oxygen atoms in total. The molecular weight excluding hydrogens is 383 g/mol. The lowest BCUT2D eigenvalue weighted by Gasteiger charge is -2.14. The van der Waals surface area contributed by atoms with Gasteiger partial charge < -0.3 is 5.32 Å². The Balaban J connectivity index is 1.66. The van der Waals surface area contributed by atoms with Crippen LogP contribution in [0.1, 0.15) is 5.56 Å². The molecule has 1 N–H and O–H groups in total. The number of nitrogens with one attached hydrogen (secondary N) is 1. The van der Waals surface area contributed by atoms with Crippen molar-refractivity contribution in [3.63, 3.8) is 0 Å². The number of rotatable bonds is 4. The summed E-state index contributed by atoms with van der Waals surface area (Å²) in [5.74, 6) is -2.03. The Morgan fingerprint density at radius 3 is 2.81 bits per heavy atom. The maximum Gasteiger partial charge on any atom is 0.294 e. The van der Waals surface area contributed by atoms with Crippen molar-refractivity contribution in [1.82, 2.24) is 10.2 Å². The molecule has 26 heavy (non-hydrogen) atoms. The first-order chi connectivity index (χ1) is 12.2. The molecule has 3 amide bonds. The Morgan fingerprint density at radius 2 is 2.15 bits per heavy atom. The Hall–Kier alpha value is -2.46. The summed E-state index contributed by atoms with van der Waals surface area (Å²) in [7, 11) is -3.32. The van der Waals surface area contributed by atoms with Gasteiger partial charge in [-0.15, -0.1) is 0 Å². The van der Waals surface area contributed by atoms with Crippen LogP contribution in [0.15, 0.2) is 40.7 Å². The molecule has 0 spiro atoms. The van der Waals surface area contributed by atoms with Crippen molar-refractivity contribution in [2.75, 3.05) is 12.3 Å². The molecule has 0 bridgehead atoms. The monoisotopic (exact) mass is 396 g/mol. The molecule has 136 valence electrons. The molecule has 2 heterocycles. The minimum Gasteiger partial charge on any atom is -0.347 e. The standard InChI is InChI=1S/C16H13FN2O5S2/c17-11-3-1-2-10(6-11)7-13-15(21)19(16(22)25-13)8-14(20)18-12-4-5-26(23,24)9-12/h1-7,12H,8-9H2,(H,18,20)/b13-7+/t12-/m1/s1. The van der Waals surface area contributed by atoms with E-state index in [2.05, 4.69) is 5.32 Å². The number of amides is 3. The van der Waals surface area contributed by atoms with Gasteiger partial charge in [0.25, 0.3) is 11.1 Å². The lowest BCUT2D eigenvalue weighted by atomic mass is 10.2. The van der Waals surface area contributed by atoms with E-state index in [0.29, 0.717) is 17.3 Å². The molecule has 2 aliphatic heterocycles. The summed E-state index contributed by atoms with van der Waals surface area (Å²) in [5, 5.41) is 2.84. The zero-order valence-corrected chi connectivity index (χ0v) is 14.8. The third-order valence-corrected chi connectivity index (χ3v) is 5.90. The van der Waals surface area contributed by atoms with E-state index in [4.69, 9.17) is 0 Å². The number of thioether (sulfide) groups is 1. The summed E-state index contributed by atoms with van der Waals surface area (Å²) in [6.07, 6.45) is 2.71. The number of hydrogen-bond acceptors (Lipinski definition) is 6. The zero-order valence-electron chi connectivity index (χ0n) is 13.2. The van der Waals surface area contributed by atoms with Crippen LogP contribution in [0.2, 0.25) is 0 Å². The number of nitrogens with zero attached hydrogens (tertiary/aromatic N) is 1. The second-order valence-electron chi connectivity index (χ2n) is 5.65. The normalized spacial score (nSPS) is 23.0. The summed E-state index contributed by atoms with van der Waals surface area (Å²) < 4.78 is 35.8. The molecule has 3 rings (SSSR count). The molecule has 0 saturated carbocycles. The third kappa shape index (κ3) is 4.20. The van der Waals surface area contributed by atoms with Crippen LogP contribution in [0.25, 0.3) is 6.08 Å². The smallest absolute Gasteiger partial charge is 0.294 e. The molecule has 1 fully saturated rings. The topological polar surface area (TPSA) is 101 Å². The van der Waals surface area contributed by atoms with Gasteiger partial charge in [0.05, 0.1) is 16.7 Å². The van der Waals surface area contributed by atoms with Crippen LogP contribution in [0.4, 0.5) is 9.18 Å². The number of benzene rings is 1. The van der Waals surface area contributed by atoms with E-state index in [1.54, 1.807) is 6.07 Å². The second kappa shape index (κ2) is 7.04. The molecule has 0 unspecified atom stereocenters. The first-order valence-corrected chi connectivity index (χ1v) is 9.98. The highest BCUT2D eigenvalue weighted by atomic mass is 32.2. The van der Waals surface area contributed by atoms with E-state index in [1.165, 1.54) is 30.4 Å². The van der Waals surface area contributed by atoms with E-state index < -0.39 is 45.3 Å². The Kier molecular flexibility index (Phi) is 4.97. The summed E-state index contributed by atoms with van der Waals surface area (Å²) in [4.78, 5) is 37.1. The molecule has 1 aromatic rings. The fourth-order valence-electron chi connectivity index (χ4n) is 2.45. The lowest BCUT2D eigenvalue weighted by molar-refractivity contribution is -0.129. The van der Waals surface area contributed by atoms with Gasteiger partial charge in [-0.3, -0.25) is 19.3 Å². The SMILES string of the molecule is O=C(CN1C(=O)S/C(=C/c2cccc(F)c2)C1=O)N[C@@H]1C=CS(=O)(=O)C1. The maximum absolute atomic E-state index is 13.2. The summed E-state index contributed by atoms with van der Waals surface area (Å²) in [6, 6.07) is 4.84. The predicted octanol–water partition coefficient (Wildman–Crippen LogP) is 1.29.